The SMILES string of the molecule is C[C@@]12CCCCCC(Cc3c(F)cc(OC(=O)[C@H]4CC[C@H](C(=O)Oc5cc(F)c6c(c5)[C@@]5(C)CCCCC[C@@H](C6)[C@@H]5N)CC4)cc31)[C@@H]2N. The number of esters is 2. The summed E-state index contributed by atoms with van der Waals surface area (Å²) in [5.74, 6) is -1.28. The molecule has 4 bridgehead atoms. The van der Waals surface area contributed by atoms with E-state index in [1.165, 1.54) is 12.1 Å². The van der Waals surface area contributed by atoms with Crippen molar-refractivity contribution in [2.24, 2.45) is 35.1 Å². The number of carbonyl (C=O) groups is 2. The summed E-state index contributed by atoms with van der Waals surface area (Å²) in [4.78, 5) is 26.6. The van der Waals surface area contributed by atoms with Gasteiger partial charge < -0.3 is 20.9 Å². The van der Waals surface area contributed by atoms with E-state index in [4.69, 9.17) is 20.9 Å². The quantitative estimate of drug-likeness (QED) is 0.257. The Morgan fingerprint density at radius 1 is 0.625 bits per heavy atom. The third kappa shape index (κ3) is 5.99. The number of nitrogens with two attached hydrogens (primary N) is 2. The molecule has 6 atom stereocenters. The molecule has 0 amide bonds. The van der Waals surface area contributed by atoms with E-state index in [9.17, 15) is 9.59 Å². The van der Waals surface area contributed by atoms with Crippen LogP contribution in [0.15, 0.2) is 24.3 Å². The highest BCUT2D eigenvalue weighted by molar-refractivity contribution is 5.78. The number of hydrogen-bond acceptors (Lipinski definition) is 6. The molecule has 0 aliphatic heterocycles. The fraction of sp³-hybridized carbons (Fsp3) is 0.650. The second kappa shape index (κ2) is 13.1. The zero-order chi connectivity index (χ0) is 33.8. The maximum Gasteiger partial charge on any atom is 0.314 e. The fourth-order valence-electron chi connectivity index (χ4n) is 10.2. The molecule has 3 fully saturated rings. The molecule has 2 aromatic carbocycles. The van der Waals surface area contributed by atoms with Crippen LogP contribution in [0.3, 0.4) is 0 Å². The van der Waals surface area contributed by atoms with Gasteiger partial charge in [0.1, 0.15) is 23.1 Å². The molecule has 3 saturated carbocycles. The molecule has 0 heterocycles. The van der Waals surface area contributed by atoms with Crippen LogP contribution >= 0.6 is 0 Å². The van der Waals surface area contributed by atoms with E-state index < -0.39 is 23.8 Å². The Morgan fingerprint density at radius 3 is 1.42 bits per heavy atom. The molecular weight excluding hydrogens is 610 g/mol. The summed E-state index contributed by atoms with van der Waals surface area (Å²) in [6, 6.07) is 6.27. The molecule has 48 heavy (non-hydrogen) atoms. The van der Waals surface area contributed by atoms with Gasteiger partial charge in [0.2, 0.25) is 0 Å². The lowest BCUT2D eigenvalue weighted by Crippen LogP contribution is -2.53. The van der Waals surface area contributed by atoms with Crippen LogP contribution in [-0.2, 0) is 33.3 Å². The molecule has 0 radical (unpaired) electrons. The smallest absolute Gasteiger partial charge is 0.314 e. The average Bonchev–Trinajstić information content (AvgIpc) is 3.06. The third-order valence-electron chi connectivity index (χ3n) is 13.4. The van der Waals surface area contributed by atoms with E-state index >= 15 is 8.78 Å². The zero-order valence-corrected chi connectivity index (χ0v) is 28.6. The Labute approximate surface area is 283 Å². The normalized spacial score (nSPS) is 34.7. The van der Waals surface area contributed by atoms with Gasteiger partial charge >= 0.3 is 11.9 Å². The molecule has 1 unspecified atom stereocenters. The van der Waals surface area contributed by atoms with Crippen molar-refractivity contribution in [3.05, 3.63) is 58.2 Å². The molecule has 0 spiro atoms. The minimum Gasteiger partial charge on any atom is -0.426 e. The Bertz CT molecular complexity index is 1460. The first kappa shape index (κ1) is 33.6. The van der Waals surface area contributed by atoms with Gasteiger partial charge in [-0.3, -0.25) is 9.59 Å². The van der Waals surface area contributed by atoms with Crippen LogP contribution in [0.2, 0.25) is 0 Å². The van der Waals surface area contributed by atoms with Crippen molar-refractivity contribution < 1.29 is 27.8 Å². The number of halogens is 2. The van der Waals surface area contributed by atoms with Crippen LogP contribution in [0.4, 0.5) is 8.78 Å². The summed E-state index contributed by atoms with van der Waals surface area (Å²) >= 11 is 0. The maximum atomic E-state index is 15.5. The van der Waals surface area contributed by atoms with Crippen LogP contribution in [0.1, 0.15) is 126 Å². The van der Waals surface area contributed by atoms with Crippen molar-refractivity contribution in [2.45, 2.75) is 139 Å². The Kier molecular flexibility index (Phi) is 9.20. The van der Waals surface area contributed by atoms with Gasteiger partial charge in [-0.15, -0.1) is 0 Å². The Hall–Kier alpha value is -2.84. The summed E-state index contributed by atoms with van der Waals surface area (Å²) in [6.45, 7) is 4.28. The van der Waals surface area contributed by atoms with Gasteiger partial charge in [0.15, 0.2) is 0 Å². The molecule has 0 saturated heterocycles. The van der Waals surface area contributed by atoms with Crippen molar-refractivity contribution in [3.8, 4) is 11.5 Å². The topological polar surface area (TPSA) is 105 Å². The number of rotatable bonds is 4. The van der Waals surface area contributed by atoms with Gasteiger partial charge in [-0.05, 0) is 110 Å². The molecule has 0 aromatic heterocycles. The first-order valence-electron chi connectivity index (χ1n) is 18.6. The van der Waals surface area contributed by atoms with Crippen molar-refractivity contribution in [3.63, 3.8) is 0 Å². The molecular formula is C40H52F2N2O4. The van der Waals surface area contributed by atoms with Gasteiger partial charge in [0.05, 0.1) is 11.8 Å². The van der Waals surface area contributed by atoms with Gasteiger partial charge in [-0.1, -0.05) is 52.4 Å². The first-order valence-corrected chi connectivity index (χ1v) is 18.6. The van der Waals surface area contributed by atoms with E-state index in [0.717, 1.165) is 86.5 Å². The van der Waals surface area contributed by atoms with Gasteiger partial charge in [0.25, 0.3) is 0 Å². The number of fused-ring (bicyclic) bond motifs is 8. The maximum absolute atomic E-state index is 15.5. The summed E-state index contributed by atoms with van der Waals surface area (Å²) in [7, 11) is 0. The second-order valence-electron chi connectivity index (χ2n) is 16.3. The fourth-order valence-corrected chi connectivity index (χ4v) is 10.2. The van der Waals surface area contributed by atoms with Gasteiger partial charge in [0, 0.05) is 35.0 Å². The lowest BCUT2D eigenvalue weighted by molar-refractivity contribution is -0.145. The second-order valence-corrected chi connectivity index (χ2v) is 16.3. The highest BCUT2D eigenvalue weighted by Crippen LogP contribution is 2.49. The summed E-state index contributed by atoms with van der Waals surface area (Å²) in [6.07, 6.45) is 13.6. The average molecular weight is 663 g/mol. The first-order chi connectivity index (χ1) is 23.0. The minimum atomic E-state index is -0.402. The standard InChI is InChI=1S/C40H52F2N2O4/c1-39-15-7-3-5-9-25(35(39)43)17-29-31(39)19-27(21-33(29)41)47-37(45)23-11-13-24(14-12-23)38(46)48-28-20-32-30(34(42)22-28)18-26-10-6-4-8-16-40(32,2)36(26)44/h19-26,35-36H,3-18,43-44H2,1-2H3/t23-,24-,25-,26?,35-,36-,39+,40+/m0/s1. The summed E-state index contributed by atoms with van der Waals surface area (Å²) in [5, 5.41) is 0. The van der Waals surface area contributed by atoms with E-state index in [-0.39, 0.29) is 57.9 Å². The molecule has 6 nitrogen and oxygen atoms in total. The molecule has 260 valence electrons. The zero-order valence-electron chi connectivity index (χ0n) is 28.6. The van der Waals surface area contributed by atoms with Crippen LogP contribution in [0.5, 0.6) is 11.5 Å². The van der Waals surface area contributed by atoms with E-state index in [2.05, 4.69) is 13.8 Å². The van der Waals surface area contributed by atoms with E-state index in [1.807, 2.05) is 12.1 Å². The molecule has 7 rings (SSSR count). The van der Waals surface area contributed by atoms with Crippen LogP contribution < -0.4 is 20.9 Å². The van der Waals surface area contributed by atoms with Crippen LogP contribution in [0.25, 0.3) is 0 Å². The third-order valence-corrected chi connectivity index (χ3v) is 13.4. The molecule has 5 aliphatic rings. The highest BCUT2D eigenvalue weighted by atomic mass is 19.1. The van der Waals surface area contributed by atoms with Crippen molar-refractivity contribution in [1.82, 2.24) is 0 Å². The number of ether oxygens (including phenoxy) is 2. The Balaban J connectivity index is 0.997. The van der Waals surface area contributed by atoms with Crippen molar-refractivity contribution >= 4 is 11.9 Å². The van der Waals surface area contributed by atoms with Crippen molar-refractivity contribution in [2.75, 3.05) is 0 Å². The predicted molar refractivity (Wildman–Crippen MR) is 181 cm³/mol. The van der Waals surface area contributed by atoms with E-state index in [0.29, 0.717) is 38.5 Å². The monoisotopic (exact) mass is 662 g/mol. The number of hydrogen-bond donors (Lipinski definition) is 2. The highest BCUT2D eigenvalue weighted by Gasteiger charge is 2.46. The predicted octanol–water partition coefficient (Wildman–Crippen LogP) is 7.73. The largest absolute Gasteiger partial charge is 0.426 e. The number of carbonyl (C=O) groups excluding carboxylic acids is 2. The summed E-state index contributed by atoms with van der Waals surface area (Å²) < 4.78 is 42.7. The van der Waals surface area contributed by atoms with Crippen molar-refractivity contribution in [1.29, 1.82) is 0 Å². The number of benzene rings is 2. The lowest BCUT2D eigenvalue weighted by atomic mass is 9.60. The molecule has 8 heteroatoms. The van der Waals surface area contributed by atoms with E-state index in [1.54, 1.807) is 0 Å². The molecule has 4 N–H and O–H groups in total. The summed E-state index contributed by atoms with van der Waals surface area (Å²) in [5.41, 5.74) is 16.1. The Morgan fingerprint density at radius 2 is 1.02 bits per heavy atom. The lowest BCUT2D eigenvalue weighted by Gasteiger charge is -2.47. The minimum absolute atomic E-state index is 0.0575. The van der Waals surface area contributed by atoms with Gasteiger partial charge in [-0.25, -0.2) is 8.78 Å². The van der Waals surface area contributed by atoms with Crippen LogP contribution in [0, 0.1) is 35.3 Å². The van der Waals surface area contributed by atoms with Gasteiger partial charge in [-0.2, -0.15) is 0 Å². The molecule has 5 aliphatic carbocycles. The molecule has 2 aromatic rings. The van der Waals surface area contributed by atoms with Crippen LogP contribution in [-0.4, -0.2) is 24.0 Å².